The molecule has 6 heteroatoms. The largest absolute Gasteiger partial charge is 0.433 e. The molecule has 0 saturated carbocycles. The molecule has 0 radical (unpaired) electrons. The van der Waals surface area contributed by atoms with Gasteiger partial charge in [-0.25, -0.2) is 4.98 Å². The Morgan fingerprint density at radius 2 is 1.74 bits per heavy atom. The summed E-state index contributed by atoms with van der Waals surface area (Å²) in [6.07, 6.45) is -4.44. The summed E-state index contributed by atoms with van der Waals surface area (Å²) < 4.78 is 37.5. The van der Waals surface area contributed by atoms with E-state index in [2.05, 4.69) is 10.3 Å². The lowest BCUT2D eigenvalue weighted by molar-refractivity contribution is -0.141. The van der Waals surface area contributed by atoms with Crippen LogP contribution >= 0.6 is 0 Å². The minimum atomic E-state index is -4.44. The number of benzene rings is 1. The van der Waals surface area contributed by atoms with Crippen molar-refractivity contribution < 1.29 is 13.2 Å². The fraction of sp³-hybridized carbons (Fsp3) is 0.154. The van der Waals surface area contributed by atoms with Gasteiger partial charge in [-0.05, 0) is 29.8 Å². The molecule has 2 aromatic rings. The van der Waals surface area contributed by atoms with Crippen LogP contribution in [0.4, 0.5) is 24.7 Å². The lowest BCUT2D eigenvalue weighted by Gasteiger charge is -2.09. The quantitative estimate of drug-likeness (QED) is 0.897. The third-order valence-electron chi connectivity index (χ3n) is 2.50. The zero-order valence-electron chi connectivity index (χ0n) is 9.91. The average molecular weight is 267 g/mol. The van der Waals surface area contributed by atoms with Crippen molar-refractivity contribution in [1.82, 2.24) is 4.98 Å². The van der Waals surface area contributed by atoms with E-state index in [1.54, 1.807) is 24.3 Å². The van der Waals surface area contributed by atoms with Crippen LogP contribution in [0.5, 0.6) is 0 Å². The molecule has 0 aliphatic carbocycles. The van der Waals surface area contributed by atoms with Gasteiger partial charge in [-0.3, -0.25) is 0 Å². The first kappa shape index (κ1) is 13.4. The van der Waals surface area contributed by atoms with Gasteiger partial charge in [0.1, 0.15) is 11.5 Å². The average Bonchev–Trinajstić information content (AvgIpc) is 2.39. The first-order valence-electron chi connectivity index (χ1n) is 5.59. The van der Waals surface area contributed by atoms with Gasteiger partial charge in [0.25, 0.3) is 0 Å². The van der Waals surface area contributed by atoms with E-state index in [0.29, 0.717) is 12.2 Å². The van der Waals surface area contributed by atoms with Crippen LogP contribution in [0.2, 0.25) is 0 Å². The summed E-state index contributed by atoms with van der Waals surface area (Å²) in [6.45, 7) is 0.419. The first-order valence-corrected chi connectivity index (χ1v) is 5.59. The Balaban J connectivity index is 2.18. The zero-order valence-corrected chi connectivity index (χ0v) is 9.91. The summed E-state index contributed by atoms with van der Waals surface area (Å²) in [4.78, 5) is 3.52. The molecular formula is C13H12F3N3. The van der Waals surface area contributed by atoms with E-state index in [-0.39, 0.29) is 5.82 Å². The van der Waals surface area contributed by atoms with Gasteiger partial charge in [0, 0.05) is 12.2 Å². The number of alkyl halides is 3. The maximum Gasteiger partial charge on any atom is 0.433 e. The highest BCUT2D eigenvalue weighted by atomic mass is 19.4. The minimum Gasteiger partial charge on any atom is -0.340 e. The molecule has 1 aromatic heterocycles. The number of anilines is 2. The Kier molecular flexibility index (Phi) is 3.71. The molecule has 0 amide bonds. The van der Waals surface area contributed by atoms with Crippen molar-refractivity contribution in [3.8, 4) is 0 Å². The van der Waals surface area contributed by atoms with Gasteiger partial charge >= 0.3 is 6.18 Å². The molecule has 0 aliphatic heterocycles. The summed E-state index contributed by atoms with van der Waals surface area (Å²) in [5.74, 6) is 0.148. The monoisotopic (exact) mass is 267 g/mol. The highest BCUT2D eigenvalue weighted by Crippen LogP contribution is 2.28. The van der Waals surface area contributed by atoms with Gasteiger partial charge in [0.2, 0.25) is 0 Å². The highest BCUT2D eigenvalue weighted by Gasteiger charge is 2.32. The van der Waals surface area contributed by atoms with E-state index in [1.165, 1.54) is 12.1 Å². The Labute approximate surface area is 108 Å². The SMILES string of the molecule is NCc1ccc(Nc2cccc(C(F)(F)F)n2)cc1. The smallest absolute Gasteiger partial charge is 0.340 e. The summed E-state index contributed by atoms with van der Waals surface area (Å²) in [7, 11) is 0. The van der Waals surface area contributed by atoms with Crippen LogP contribution in [0.1, 0.15) is 11.3 Å². The fourth-order valence-corrected chi connectivity index (χ4v) is 1.53. The molecule has 0 spiro atoms. The summed E-state index contributed by atoms with van der Waals surface area (Å²) in [5.41, 5.74) is 6.15. The van der Waals surface area contributed by atoms with E-state index in [4.69, 9.17) is 5.73 Å². The van der Waals surface area contributed by atoms with Crippen molar-refractivity contribution in [2.24, 2.45) is 5.73 Å². The molecule has 0 atom stereocenters. The van der Waals surface area contributed by atoms with Crippen LogP contribution in [-0.4, -0.2) is 4.98 Å². The standard InChI is InChI=1S/C13H12F3N3/c14-13(15,16)11-2-1-3-12(19-11)18-10-6-4-9(8-17)5-7-10/h1-7H,8,17H2,(H,18,19). The third-order valence-corrected chi connectivity index (χ3v) is 2.50. The molecular weight excluding hydrogens is 255 g/mol. The van der Waals surface area contributed by atoms with Gasteiger partial charge in [-0.15, -0.1) is 0 Å². The molecule has 0 unspecified atom stereocenters. The number of hydrogen-bond donors (Lipinski definition) is 2. The van der Waals surface area contributed by atoms with Gasteiger partial charge in [-0.1, -0.05) is 18.2 Å². The van der Waals surface area contributed by atoms with Crippen LogP contribution in [0.25, 0.3) is 0 Å². The van der Waals surface area contributed by atoms with E-state index >= 15 is 0 Å². The second-order valence-corrected chi connectivity index (χ2v) is 3.93. The molecule has 2 rings (SSSR count). The summed E-state index contributed by atoms with van der Waals surface area (Å²) >= 11 is 0. The number of halogens is 3. The van der Waals surface area contributed by atoms with Gasteiger partial charge < -0.3 is 11.1 Å². The van der Waals surface area contributed by atoms with E-state index in [1.807, 2.05) is 0 Å². The van der Waals surface area contributed by atoms with Crippen molar-refractivity contribution in [3.63, 3.8) is 0 Å². The lowest BCUT2D eigenvalue weighted by atomic mass is 10.2. The molecule has 3 nitrogen and oxygen atoms in total. The molecule has 1 heterocycles. The van der Waals surface area contributed by atoms with E-state index in [9.17, 15) is 13.2 Å². The molecule has 100 valence electrons. The molecule has 19 heavy (non-hydrogen) atoms. The van der Waals surface area contributed by atoms with Crippen LogP contribution in [0, 0.1) is 0 Å². The van der Waals surface area contributed by atoms with E-state index in [0.717, 1.165) is 11.6 Å². The van der Waals surface area contributed by atoms with Gasteiger partial charge in [-0.2, -0.15) is 13.2 Å². The van der Waals surface area contributed by atoms with E-state index < -0.39 is 11.9 Å². The topological polar surface area (TPSA) is 50.9 Å². The summed E-state index contributed by atoms with van der Waals surface area (Å²) in [5, 5.41) is 2.82. The Bertz CT molecular complexity index is 550. The number of nitrogens with two attached hydrogens (primary N) is 1. The Morgan fingerprint density at radius 3 is 2.32 bits per heavy atom. The Hall–Kier alpha value is -2.08. The molecule has 0 bridgehead atoms. The van der Waals surface area contributed by atoms with Crippen LogP contribution in [0.3, 0.4) is 0 Å². The minimum absolute atomic E-state index is 0.148. The van der Waals surface area contributed by atoms with Crippen molar-refractivity contribution in [2.75, 3.05) is 5.32 Å². The first-order chi connectivity index (χ1) is 8.99. The number of aromatic nitrogens is 1. The highest BCUT2D eigenvalue weighted by molar-refractivity contribution is 5.56. The van der Waals surface area contributed by atoms with Crippen molar-refractivity contribution in [3.05, 3.63) is 53.7 Å². The molecule has 0 saturated heterocycles. The van der Waals surface area contributed by atoms with Gasteiger partial charge in [0.05, 0.1) is 0 Å². The molecule has 0 aliphatic rings. The van der Waals surface area contributed by atoms with Crippen LogP contribution in [0.15, 0.2) is 42.5 Å². The third kappa shape index (κ3) is 3.45. The lowest BCUT2D eigenvalue weighted by Crippen LogP contribution is -2.08. The number of nitrogens with zero attached hydrogens (tertiary/aromatic N) is 1. The van der Waals surface area contributed by atoms with Gasteiger partial charge in [0.15, 0.2) is 0 Å². The van der Waals surface area contributed by atoms with Crippen molar-refractivity contribution in [1.29, 1.82) is 0 Å². The molecule has 0 fully saturated rings. The van der Waals surface area contributed by atoms with Crippen LogP contribution in [-0.2, 0) is 12.7 Å². The van der Waals surface area contributed by atoms with Crippen molar-refractivity contribution in [2.45, 2.75) is 12.7 Å². The van der Waals surface area contributed by atoms with Crippen LogP contribution < -0.4 is 11.1 Å². The zero-order chi connectivity index (χ0) is 13.9. The predicted octanol–water partition coefficient (Wildman–Crippen LogP) is 3.30. The molecule has 3 N–H and O–H groups in total. The number of nitrogens with one attached hydrogen (secondary N) is 1. The Morgan fingerprint density at radius 1 is 1.05 bits per heavy atom. The number of hydrogen-bond acceptors (Lipinski definition) is 3. The summed E-state index contributed by atoms with van der Waals surface area (Å²) in [6, 6.07) is 10.8. The second kappa shape index (κ2) is 5.27. The second-order valence-electron chi connectivity index (χ2n) is 3.93. The molecule has 1 aromatic carbocycles. The maximum atomic E-state index is 12.5. The normalized spacial score (nSPS) is 11.4. The maximum absolute atomic E-state index is 12.5. The number of rotatable bonds is 3. The number of pyridine rings is 1. The predicted molar refractivity (Wildman–Crippen MR) is 66.9 cm³/mol. The van der Waals surface area contributed by atoms with Crippen molar-refractivity contribution >= 4 is 11.5 Å². The fourth-order valence-electron chi connectivity index (χ4n) is 1.53.